The maximum Gasteiger partial charge on any atom is 0.232 e. The Labute approximate surface area is 172 Å². The number of ether oxygens (including phenoxy) is 1. The van der Waals surface area contributed by atoms with Crippen LogP contribution in [-0.4, -0.2) is 34.2 Å². The minimum atomic E-state index is -3.52. The smallest absolute Gasteiger partial charge is 0.232 e. The maximum absolute atomic E-state index is 12.1. The molecule has 0 heterocycles. The van der Waals surface area contributed by atoms with E-state index in [9.17, 15) is 13.2 Å². The Morgan fingerprint density at radius 1 is 1.22 bits per heavy atom. The molecule has 0 aliphatic heterocycles. The molecule has 1 amide bonds. The summed E-state index contributed by atoms with van der Waals surface area (Å²) in [6.45, 7) is 0.162. The fraction of sp³-hybridized carbons (Fsp3) is 0.278. The van der Waals surface area contributed by atoms with E-state index >= 15 is 0 Å². The van der Waals surface area contributed by atoms with Gasteiger partial charge in [0.2, 0.25) is 15.9 Å². The fourth-order valence-electron chi connectivity index (χ4n) is 2.44. The summed E-state index contributed by atoms with van der Waals surface area (Å²) < 4.78 is 31.5. The lowest BCUT2D eigenvalue weighted by Crippen LogP contribution is -2.31. The second-order valence-corrected chi connectivity index (χ2v) is 9.04. The lowest BCUT2D eigenvalue weighted by atomic mass is 10.2. The van der Waals surface area contributed by atoms with E-state index in [-0.39, 0.29) is 18.9 Å². The Hall–Kier alpha value is -1.77. The van der Waals surface area contributed by atoms with Crippen LogP contribution in [0.1, 0.15) is 12.8 Å². The molecule has 0 fully saturated rings. The normalized spacial score (nSPS) is 11.1. The summed E-state index contributed by atoms with van der Waals surface area (Å²) in [6.07, 6.45) is 1.66. The van der Waals surface area contributed by atoms with Gasteiger partial charge in [-0.3, -0.25) is 9.10 Å². The molecule has 146 valence electrons. The molecule has 0 bridgehead atoms. The number of nitrogens with one attached hydrogen (secondary N) is 1. The van der Waals surface area contributed by atoms with Crippen molar-refractivity contribution in [2.75, 3.05) is 29.5 Å². The van der Waals surface area contributed by atoms with Gasteiger partial charge >= 0.3 is 0 Å². The predicted octanol–water partition coefficient (Wildman–Crippen LogP) is 4.30. The molecule has 0 saturated heterocycles. The number of sulfonamides is 1. The van der Waals surface area contributed by atoms with Crippen LogP contribution in [-0.2, 0) is 14.8 Å². The number of rotatable bonds is 8. The van der Waals surface area contributed by atoms with Crippen LogP contribution >= 0.6 is 27.5 Å². The molecule has 6 nitrogen and oxygen atoms in total. The Morgan fingerprint density at radius 3 is 2.44 bits per heavy atom. The van der Waals surface area contributed by atoms with Gasteiger partial charge in [0.15, 0.2) is 0 Å². The minimum Gasteiger partial charge on any atom is -0.495 e. The number of amides is 1. The highest BCUT2D eigenvalue weighted by molar-refractivity contribution is 9.10. The van der Waals surface area contributed by atoms with Crippen LogP contribution < -0.4 is 14.4 Å². The first-order valence-electron chi connectivity index (χ1n) is 8.07. The molecule has 0 unspecified atom stereocenters. The molecule has 9 heteroatoms. The van der Waals surface area contributed by atoms with Gasteiger partial charge < -0.3 is 10.1 Å². The second-order valence-electron chi connectivity index (χ2n) is 5.81. The summed E-state index contributed by atoms with van der Waals surface area (Å²) >= 11 is 9.43. The number of benzene rings is 2. The molecular weight excluding hydrogens is 456 g/mol. The zero-order valence-electron chi connectivity index (χ0n) is 14.9. The van der Waals surface area contributed by atoms with Gasteiger partial charge in [0.05, 0.1) is 24.1 Å². The second kappa shape index (κ2) is 9.43. The highest BCUT2D eigenvalue weighted by Gasteiger charge is 2.19. The molecule has 2 aromatic rings. The number of halogens is 2. The Morgan fingerprint density at radius 2 is 1.89 bits per heavy atom. The third kappa shape index (κ3) is 6.41. The SMILES string of the molecule is COc1ccc(N(CCCC(=O)Nc2ccc(Br)cc2)S(C)(=O)=O)cc1Cl. The van der Waals surface area contributed by atoms with Crippen molar-refractivity contribution >= 4 is 54.8 Å². The zero-order valence-corrected chi connectivity index (χ0v) is 18.1. The lowest BCUT2D eigenvalue weighted by Gasteiger charge is -2.23. The summed E-state index contributed by atoms with van der Waals surface area (Å²) in [5, 5.41) is 3.10. The molecule has 0 aliphatic carbocycles. The quantitative estimate of drug-likeness (QED) is 0.618. The van der Waals surface area contributed by atoms with Gasteiger partial charge in [0.1, 0.15) is 5.75 Å². The summed E-state index contributed by atoms with van der Waals surface area (Å²) in [6, 6.07) is 12.0. The van der Waals surface area contributed by atoms with Gasteiger partial charge in [-0.2, -0.15) is 0 Å². The van der Waals surface area contributed by atoms with Crippen molar-refractivity contribution in [2.45, 2.75) is 12.8 Å². The van der Waals surface area contributed by atoms with Crippen LogP contribution in [0.2, 0.25) is 5.02 Å². The first-order valence-corrected chi connectivity index (χ1v) is 11.1. The fourth-order valence-corrected chi connectivity index (χ4v) is 3.91. The predicted molar refractivity (Wildman–Crippen MR) is 112 cm³/mol. The van der Waals surface area contributed by atoms with E-state index in [2.05, 4.69) is 21.2 Å². The van der Waals surface area contributed by atoms with Crippen molar-refractivity contribution in [1.29, 1.82) is 0 Å². The van der Waals surface area contributed by atoms with Gasteiger partial charge in [-0.25, -0.2) is 8.42 Å². The molecule has 0 saturated carbocycles. The molecular formula is C18H20BrClN2O4S. The largest absolute Gasteiger partial charge is 0.495 e. The van der Waals surface area contributed by atoms with E-state index in [1.165, 1.54) is 17.5 Å². The van der Waals surface area contributed by atoms with E-state index in [1.807, 2.05) is 12.1 Å². The molecule has 0 radical (unpaired) electrons. The lowest BCUT2D eigenvalue weighted by molar-refractivity contribution is -0.116. The van der Waals surface area contributed by atoms with E-state index < -0.39 is 10.0 Å². The Kier molecular flexibility index (Phi) is 7.52. The van der Waals surface area contributed by atoms with Crippen molar-refractivity contribution in [3.8, 4) is 5.75 Å². The highest BCUT2D eigenvalue weighted by atomic mass is 79.9. The van der Waals surface area contributed by atoms with Gasteiger partial charge in [-0.15, -0.1) is 0 Å². The first kappa shape index (κ1) is 21.5. The number of anilines is 2. The van der Waals surface area contributed by atoms with E-state index in [4.69, 9.17) is 16.3 Å². The first-order chi connectivity index (χ1) is 12.7. The van der Waals surface area contributed by atoms with E-state index in [0.29, 0.717) is 28.6 Å². The number of hydrogen-bond acceptors (Lipinski definition) is 4. The highest BCUT2D eigenvalue weighted by Crippen LogP contribution is 2.30. The van der Waals surface area contributed by atoms with Crippen molar-refractivity contribution < 1.29 is 17.9 Å². The van der Waals surface area contributed by atoms with Crippen LogP contribution in [0.3, 0.4) is 0 Å². The molecule has 0 atom stereocenters. The van der Waals surface area contributed by atoms with Crippen LogP contribution in [0.25, 0.3) is 0 Å². The summed E-state index contributed by atoms with van der Waals surface area (Å²) in [5.74, 6) is 0.279. The zero-order chi connectivity index (χ0) is 20.0. The average Bonchev–Trinajstić information content (AvgIpc) is 2.59. The number of hydrogen-bond donors (Lipinski definition) is 1. The third-order valence-corrected chi connectivity index (χ3v) is 5.73. The Bertz CT molecular complexity index is 904. The van der Waals surface area contributed by atoms with Crippen molar-refractivity contribution in [3.63, 3.8) is 0 Å². The van der Waals surface area contributed by atoms with Crippen molar-refractivity contribution in [2.24, 2.45) is 0 Å². The van der Waals surface area contributed by atoms with Crippen LogP contribution in [0.4, 0.5) is 11.4 Å². The van der Waals surface area contributed by atoms with Gasteiger partial charge in [-0.1, -0.05) is 27.5 Å². The summed E-state index contributed by atoms with van der Waals surface area (Å²) in [7, 11) is -2.03. The van der Waals surface area contributed by atoms with Gasteiger partial charge in [0, 0.05) is 23.1 Å². The Balaban J connectivity index is 2.00. The summed E-state index contributed by atoms with van der Waals surface area (Å²) in [4.78, 5) is 12.1. The molecule has 0 spiro atoms. The van der Waals surface area contributed by atoms with Crippen molar-refractivity contribution in [3.05, 3.63) is 52.0 Å². The molecule has 1 N–H and O–H groups in total. The van der Waals surface area contributed by atoms with Crippen molar-refractivity contribution in [1.82, 2.24) is 0 Å². The average molecular weight is 476 g/mol. The molecule has 27 heavy (non-hydrogen) atoms. The number of methoxy groups -OCH3 is 1. The topological polar surface area (TPSA) is 75.7 Å². The van der Waals surface area contributed by atoms with E-state index in [0.717, 1.165) is 10.7 Å². The van der Waals surface area contributed by atoms with Gasteiger partial charge in [-0.05, 0) is 48.9 Å². The summed E-state index contributed by atoms with van der Waals surface area (Å²) in [5.41, 5.74) is 1.11. The number of nitrogens with zero attached hydrogens (tertiary/aromatic N) is 1. The maximum atomic E-state index is 12.1. The van der Waals surface area contributed by atoms with Crippen LogP contribution in [0, 0.1) is 0 Å². The standard InChI is InChI=1S/C18H20BrClN2O4S/c1-26-17-10-9-15(12-16(17)20)22(27(2,24)25)11-3-4-18(23)21-14-7-5-13(19)6-8-14/h5-10,12H,3-4,11H2,1-2H3,(H,21,23). The molecule has 2 rings (SSSR count). The van der Waals surface area contributed by atoms with Crippen LogP contribution in [0.15, 0.2) is 46.9 Å². The third-order valence-electron chi connectivity index (χ3n) is 3.72. The van der Waals surface area contributed by atoms with Crippen LogP contribution in [0.5, 0.6) is 5.75 Å². The number of carbonyl (C=O) groups is 1. The monoisotopic (exact) mass is 474 g/mol. The van der Waals surface area contributed by atoms with Gasteiger partial charge in [0.25, 0.3) is 0 Å². The minimum absolute atomic E-state index is 0.162. The number of carbonyl (C=O) groups excluding carboxylic acids is 1. The molecule has 0 aliphatic rings. The van der Waals surface area contributed by atoms with E-state index in [1.54, 1.807) is 24.3 Å². The molecule has 0 aromatic heterocycles. The molecule has 2 aromatic carbocycles.